The van der Waals surface area contributed by atoms with Gasteiger partial charge in [0.2, 0.25) is 0 Å². The Bertz CT molecular complexity index is 1110. The van der Waals surface area contributed by atoms with Gasteiger partial charge in [0, 0.05) is 12.1 Å². The fourth-order valence-corrected chi connectivity index (χ4v) is 3.27. The molecule has 0 aliphatic rings. The van der Waals surface area contributed by atoms with Crippen LogP contribution in [0.15, 0.2) is 47.3 Å². The fraction of sp³-hybridized carbons (Fsp3) is 0.348. The van der Waals surface area contributed by atoms with Crippen molar-refractivity contribution in [2.75, 3.05) is 26.8 Å². The normalized spacial score (nSPS) is 12.2. The Kier molecular flexibility index (Phi) is 7.38. The number of rotatable bonds is 10. The third-order valence-electron chi connectivity index (χ3n) is 4.95. The summed E-state index contributed by atoms with van der Waals surface area (Å²) in [6.45, 7) is 4.88. The molecule has 0 aliphatic carbocycles. The number of aromatic amines is 1. The molecule has 3 rings (SSSR count). The fourth-order valence-electron chi connectivity index (χ4n) is 3.27. The Hall–Kier alpha value is -3.23. The molecule has 3 aromatic rings. The number of nitrogens with one attached hydrogen (secondary N) is 1. The molecular weight excluding hydrogens is 398 g/mol. The van der Waals surface area contributed by atoms with Gasteiger partial charge in [0.15, 0.2) is 17.3 Å². The molecular formula is C23H27N3O5. The van der Waals surface area contributed by atoms with Gasteiger partial charge in [0.25, 0.3) is 5.56 Å². The van der Waals surface area contributed by atoms with Crippen LogP contribution in [0.4, 0.5) is 0 Å². The van der Waals surface area contributed by atoms with Crippen molar-refractivity contribution in [1.29, 1.82) is 0 Å². The van der Waals surface area contributed by atoms with Crippen LogP contribution in [0.3, 0.4) is 0 Å². The first-order valence-corrected chi connectivity index (χ1v) is 10.1. The van der Waals surface area contributed by atoms with Gasteiger partial charge in [-0.2, -0.15) is 0 Å². The number of aliphatic hydroxyl groups is 1. The molecule has 164 valence electrons. The van der Waals surface area contributed by atoms with Gasteiger partial charge in [-0.15, -0.1) is 0 Å². The third-order valence-corrected chi connectivity index (χ3v) is 4.95. The van der Waals surface area contributed by atoms with Gasteiger partial charge in [0.1, 0.15) is 18.5 Å². The summed E-state index contributed by atoms with van der Waals surface area (Å²) in [7, 11) is 1.50. The second kappa shape index (κ2) is 10.2. The summed E-state index contributed by atoms with van der Waals surface area (Å²) in [4.78, 5) is 33.1. The average Bonchev–Trinajstić information content (AvgIpc) is 2.77. The molecule has 0 fully saturated rings. The Morgan fingerprint density at radius 1 is 1.23 bits per heavy atom. The van der Waals surface area contributed by atoms with Gasteiger partial charge in [-0.25, -0.2) is 4.98 Å². The summed E-state index contributed by atoms with van der Waals surface area (Å²) >= 11 is 0. The maximum Gasteiger partial charge on any atom is 0.258 e. The van der Waals surface area contributed by atoms with Crippen molar-refractivity contribution in [1.82, 2.24) is 14.9 Å². The second-order valence-electron chi connectivity index (χ2n) is 7.24. The number of aliphatic hydroxyl groups excluding tert-OH is 1. The van der Waals surface area contributed by atoms with Crippen LogP contribution in [0, 0.1) is 0 Å². The number of ketones is 1. The molecule has 31 heavy (non-hydrogen) atoms. The largest absolute Gasteiger partial charge is 0.493 e. The average molecular weight is 425 g/mol. The molecule has 1 aromatic heterocycles. The molecule has 1 unspecified atom stereocenters. The molecule has 0 amide bonds. The number of nitrogens with zero attached hydrogens (tertiary/aromatic N) is 2. The van der Waals surface area contributed by atoms with E-state index in [9.17, 15) is 14.7 Å². The summed E-state index contributed by atoms with van der Waals surface area (Å²) < 4.78 is 11.0. The van der Waals surface area contributed by atoms with E-state index in [0.717, 1.165) is 0 Å². The van der Waals surface area contributed by atoms with Crippen LogP contribution in [-0.4, -0.2) is 58.7 Å². The van der Waals surface area contributed by atoms with E-state index >= 15 is 0 Å². The van der Waals surface area contributed by atoms with Crippen LogP contribution in [0.5, 0.6) is 11.5 Å². The van der Waals surface area contributed by atoms with Crippen LogP contribution in [0.2, 0.25) is 0 Å². The molecule has 2 N–H and O–H groups in total. The first-order valence-electron chi connectivity index (χ1n) is 10.1. The number of H-pyrrole nitrogens is 1. The van der Waals surface area contributed by atoms with Crippen LogP contribution in [0.1, 0.15) is 30.0 Å². The van der Waals surface area contributed by atoms with E-state index in [2.05, 4.69) is 9.97 Å². The number of aromatic nitrogens is 2. The van der Waals surface area contributed by atoms with Gasteiger partial charge in [-0.05, 0) is 43.8 Å². The van der Waals surface area contributed by atoms with Crippen LogP contribution >= 0.6 is 0 Å². The Labute approximate surface area is 180 Å². The van der Waals surface area contributed by atoms with Gasteiger partial charge in [0.05, 0.1) is 24.6 Å². The number of ether oxygens (including phenoxy) is 2. The quantitative estimate of drug-likeness (QED) is 0.481. The number of fused-ring (bicyclic) bond motifs is 1. The summed E-state index contributed by atoms with van der Waals surface area (Å²) in [6.07, 6.45) is -0.774. The van der Waals surface area contributed by atoms with Crippen LogP contribution in [-0.2, 0) is 6.54 Å². The van der Waals surface area contributed by atoms with Crippen molar-refractivity contribution < 1.29 is 19.4 Å². The Morgan fingerprint density at radius 2 is 2.00 bits per heavy atom. The molecule has 1 heterocycles. The summed E-state index contributed by atoms with van der Waals surface area (Å²) in [6, 6.07) is 12.1. The first-order chi connectivity index (χ1) is 14.9. The summed E-state index contributed by atoms with van der Waals surface area (Å²) in [5.74, 6) is 1.37. The molecule has 1 atom stereocenters. The minimum atomic E-state index is -0.774. The zero-order valence-corrected chi connectivity index (χ0v) is 17.9. The van der Waals surface area contributed by atoms with Crippen molar-refractivity contribution in [2.24, 2.45) is 0 Å². The van der Waals surface area contributed by atoms with E-state index in [-0.39, 0.29) is 17.9 Å². The van der Waals surface area contributed by atoms with E-state index < -0.39 is 6.10 Å². The number of methoxy groups -OCH3 is 1. The molecule has 0 aliphatic heterocycles. The zero-order chi connectivity index (χ0) is 22.4. The monoisotopic (exact) mass is 425 g/mol. The van der Waals surface area contributed by atoms with Crippen molar-refractivity contribution >= 4 is 16.7 Å². The van der Waals surface area contributed by atoms with Gasteiger partial charge in [-0.3, -0.25) is 14.5 Å². The highest BCUT2D eigenvalue weighted by Gasteiger charge is 2.15. The number of benzene rings is 2. The lowest BCUT2D eigenvalue weighted by Gasteiger charge is -2.23. The number of hydrogen-bond donors (Lipinski definition) is 2. The molecule has 8 nitrogen and oxygen atoms in total. The number of hydrogen-bond acceptors (Lipinski definition) is 7. The lowest BCUT2D eigenvalue weighted by Crippen LogP contribution is -2.36. The van der Waals surface area contributed by atoms with E-state index in [4.69, 9.17) is 9.47 Å². The predicted molar refractivity (Wildman–Crippen MR) is 118 cm³/mol. The number of Topliss-reactive ketones (excluding diaryl/α,β-unsaturated/α-hetero) is 1. The maximum absolute atomic E-state index is 12.3. The molecule has 0 radical (unpaired) electrons. The van der Waals surface area contributed by atoms with E-state index in [1.54, 1.807) is 36.4 Å². The molecule has 2 aromatic carbocycles. The predicted octanol–water partition coefficient (Wildman–Crippen LogP) is 2.40. The topological polar surface area (TPSA) is 105 Å². The molecule has 0 bridgehead atoms. The lowest BCUT2D eigenvalue weighted by atomic mass is 10.1. The molecule has 0 spiro atoms. The summed E-state index contributed by atoms with van der Waals surface area (Å²) in [5.41, 5.74) is 0.989. The third kappa shape index (κ3) is 5.68. The van der Waals surface area contributed by atoms with Gasteiger partial charge in [-0.1, -0.05) is 19.1 Å². The highest BCUT2D eigenvalue weighted by atomic mass is 16.5. The maximum atomic E-state index is 12.3. The number of para-hydroxylation sites is 1. The van der Waals surface area contributed by atoms with Crippen molar-refractivity contribution in [3.8, 4) is 11.5 Å². The smallest absolute Gasteiger partial charge is 0.258 e. The second-order valence-corrected chi connectivity index (χ2v) is 7.24. The number of carbonyl (C=O) groups excluding carboxylic acids is 1. The van der Waals surface area contributed by atoms with Crippen LogP contribution < -0.4 is 15.0 Å². The van der Waals surface area contributed by atoms with Gasteiger partial charge < -0.3 is 19.6 Å². The molecule has 0 saturated heterocycles. The van der Waals surface area contributed by atoms with Crippen molar-refractivity contribution in [2.45, 2.75) is 26.5 Å². The lowest BCUT2D eigenvalue weighted by molar-refractivity contribution is 0.0656. The standard InChI is InChI=1S/C23H27N3O5/c1-4-26(13-22-24-19-8-6-5-7-18(19)23(29)25-22)12-17(28)14-31-20-10-9-16(15(2)27)11-21(20)30-3/h5-11,17,28H,4,12-14H2,1-3H3,(H,24,25,29). The van der Waals surface area contributed by atoms with Crippen LogP contribution in [0.25, 0.3) is 10.9 Å². The van der Waals surface area contributed by atoms with E-state index in [0.29, 0.717) is 53.4 Å². The van der Waals surface area contributed by atoms with Crippen molar-refractivity contribution in [3.63, 3.8) is 0 Å². The first kappa shape index (κ1) is 22.5. The Morgan fingerprint density at radius 3 is 2.71 bits per heavy atom. The van der Waals surface area contributed by atoms with E-state index in [1.807, 2.05) is 17.9 Å². The molecule has 8 heteroatoms. The van der Waals surface area contributed by atoms with E-state index in [1.165, 1.54) is 14.0 Å². The molecule has 0 saturated carbocycles. The highest BCUT2D eigenvalue weighted by molar-refractivity contribution is 5.94. The minimum Gasteiger partial charge on any atom is -0.493 e. The zero-order valence-electron chi connectivity index (χ0n) is 17.9. The summed E-state index contributed by atoms with van der Waals surface area (Å²) in [5, 5.41) is 11.0. The number of likely N-dealkylation sites (N-methyl/N-ethyl adjacent to an activating group) is 1. The Balaban J connectivity index is 1.62. The minimum absolute atomic E-state index is 0.0496. The van der Waals surface area contributed by atoms with Crippen molar-refractivity contribution in [3.05, 3.63) is 64.2 Å². The van der Waals surface area contributed by atoms with Gasteiger partial charge >= 0.3 is 0 Å². The highest BCUT2D eigenvalue weighted by Crippen LogP contribution is 2.28. The SMILES string of the molecule is CCN(Cc1nc2ccccc2c(=O)[nH]1)CC(O)COc1ccc(C(C)=O)cc1OC. The number of carbonyl (C=O) groups is 1.